The van der Waals surface area contributed by atoms with E-state index < -0.39 is 0 Å². The summed E-state index contributed by atoms with van der Waals surface area (Å²) < 4.78 is 0. The van der Waals surface area contributed by atoms with Gasteiger partial charge in [0.05, 0.1) is 11.4 Å². The van der Waals surface area contributed by atoms with E-state index in [-0.39, 0.29) is 11.0 Å². The molecule has 0 bridgehead atoms. The van der Waals surface area contributed by atoms with E-state index in [9.17, 15) is 4.79 Å². The molecule has 0 aliphatic carbocycles. The number of Topliss-reactive ketones (excluding diaryl/α,β-unsaturated/α-hetero) is 1. The summed E-state index contributed by atoms with van der Waals surface area (Å²) in [6.45, 7) is 3.90. The Kier molecular flexibility index (Phi) is 4.10. The van der Waals surface area contributed by atoms with Crippen LogP contribution in [0.3, 0.4) is 0 Å². The van der Waals surface area contributed by atoms with Gasteiger partial charge in [-0.25, -0.2) is 4.98 Å². The first kappa shape index (κ1) is 12.8. The van der Waals surface area contributed by atoms with Crippen LogP contribution in [0.5, 0.6) is 0 Å². The molecule has 0 radical (unpaired) electrons. The lowest BCUT2D eigenvalue weighted by Gasteiger charge is -2.09. The zero-order valence-electron chi connectivity index (χ0n) is 10.3. The molecule has 2 aromatic rings. The SMILES string of the molecule is Cc1ccc(C(=O)C(C)Sc2cnccn2)cc1. The predicted octanol–water partition coefficient (Wildman–Crippen LogP) is 3.15. The van der Waals surface area contributed by atoms with Gasteiger partial charge in [-0.3, -0.25) is 9.78 Å². The summed E-state index contributed by atoms with van der Waals surface area (Å²) in [4.78, 5) is 20.3. The molecule has 1 aromatic heterocycles. The first-order valence-corrected chi connectivity index (χ1v) is 6.58. The lowest BCUT2D eigenvalue weighted by Crippen LogP contribution is -2.13. The smallest absolute Gasteiger partial charge is 0.175 e. The molecule has 1 heterocycles. The van der Waals surface area contributed by atoms with E-state index in [4.69, 9.17) is 0 Å². The van der Waals surface area contributed by atoms with Gasteiger partial charge in [0.2, 0.25) is 0 Å². The van der Waals surface area contributed by atoms with Crippen LogP contribution in [0.1, 0.15) is 22.8 Å². The molecule has 0 saturated carbocycles. The highest BCUT2D eigenvalue weighted by Gasteiger charge is 2.16. The Morgan fingerprint density at radius 2 is 1.94 bits per heavy atom. The van der Waals surface area contributed by atoms with Crippen molar-refractivity contribution in [3.05, 3.63) is 54.0 Å². The highest BCUT2D eigenvalue weighted by Crippen LogP contribution is 2.23. The fraction of sp³-hybridized carbons (Fsp3) is 0.214. The predicted molar refractivity (Wildman–Crippen MR) is 72.9 cm³/mol. The topological polar surface area (TPSA) is 42.9 Å². The molecule has 0 amide bonds. The molecule has 0 aliphatic rings. The number of benzene rings is 1. The van der Waals surface area contributed by atoms with E-state index in [0.29, 0.717) is 0 Å². The molecule has 1 unspecified atom stereocenters. The summed E-state index contributed by atoms with van der Waals surface area (Å²) in [5.41, 5.74) is 1.89. The second-order valence-corrected chi connectivity index (χ2v) is 5.40. The maximum atomic E-state index is 12.2. The third-order valence-electron chi connectivity index (χ3n) is 2.54. The molecular formula is C14H14N2OS. The Hall–Kier alpha value is -1.68. The number of carbonyl (C=O) groups excluding carboxylic acids is 1. The normalized spacial score (nSPS) is 12.1. The molecular weight excluding hydrogens is 244 g/mol. The van der Waals surface area contributed by atoms with Crippen LogP contribution in [0.2, 0.25) is 0 Å². The van der Waals surface area contributed by atoms with Crippen molar-refractivity contribution in [1.29, 1.82) is 0 Å². The van der Waals surface area contributed by atoms with Crippen LogP contribution in [0.15, 0.2) is 47.9 Å². The minimum absolute atomic E-state index is 0.116. The van der Waals surface area contributed by atoms with Crippen LogP contribution in [0, 0.1) is 6.92 Å². The lowest BCUT2D eigenvalue weighted by atomic mass is 10.1. The molecule has 0 aliphatic heterocycles. The van der Waals surface area contributed by atoms with Crippen LogP contribution >= 0.6 is 11.8 Å². The zero-order chi connectivity index (χ0) is 13.0. The first-order valence-electron chi connectivity index (χ1n) is 5.70. The Labute approximate surface area is 111 Å². The first-order chi connectivity index (χ1) is 8.66. The van der Waals surface area contributed by atoms with Gasteiger partial charge in [0.25, 0.3) is 0 Å². The number of aryl methyl sites for hydroxylation is 1. The number of nitrogens with zero attached hydrogens (tertiary/aromatic N) is 2. The Bertz CT molecular complexity index is 525. The van der Waals surface area contributed by atoms with Crippen LogP contribution in [-0.2, 0) is 0 Å². The minimum atomic E-state index is -0.163. The van der Waals surface area contributed by atoms with Crippen LogP contribution < -0.4 is 0 Å². The second-order valence-electron chi connectivity index (χ2n) is 4.03. The fourth-order valence-corrected chi connectivity index (χ4v) is 2.38. The maximum absolute atomic E-state index is 12.2. The molecule has 0 saturated heterocycles. The summed E-state index contributed by atoms with van der Waals surface area (Å²) in [6.07, 6.45) is 4.92. The molecule has 0 N–H and O–H groups in total. The van der Waals surface area contributed by atoms with E-state index in [1.807, 2.05) is 38.1 Å². The number of rotatable bonds is 4. The van der Waals surface area contributed by atoms with Crippen LogP contribution in [-0.4, -0.2) is 21.0 Å². The second kappa shape index (κ2) is 5.78. The van der Waals surface area contributed by atoms with Crippen molar-refractivity contribution >= 4 is 17.5 Å². The van der Waals surface area contributed by atoms with Crippen molar-refractivity contribution in [3.63, 3.8) is 0 Å². The standard InChI is InChI=1S/C14H14N2OS/c1-10-3-5-12(6-4-10)14(17)11(2)18-13-9-15-7-8-16-13/h3-9,11H,1-2H3. The number of thioether (sulfide) groups is 1. The average Bonchev–Trinajstić information content (AvgIpc) is 2.40. The van der Waals surface area contributed by atoms with Crippen molar-refractivity contribution in [2.75, 3.05) is 0 Å². The van der Waals surface area contributed by atoms with Crippen LogP contribution in [0.4, 0.5) is 0 Å². The van der Waals surface area contributed by atoms with Gasteiger partial charge in [0, 0.05) is 18.0 Å². The van der Waals surface area contributed by atoms with Gasteiger partial charge < -0.3 is 0 Å². The summed E-state index contributed by atoms with van der Waals surface area (Å²) in [6, 6.07) is 7.64. The van der Waals surface area contributed by atoms with E-state index in [2.05, 4.69) is 9.97 Å². The van der Waals surface area contributed by atoms with Gasteiger partial charge in [-0.2, -0.15) is 0 Å². The Balaban J connectivity index is 2.07. The quantitative estimate of drug-likeness (QED) is 0.624. The van der Waals surface area contributed by atoms with E-state index in [1.54, 1.807) is 18.6 Å². The van der Waals surface area contributed by atoms with Gasteiger partial charge in [-0.1, -0.05) is 41.6 Å². The van der Waals surface area contributed by atoms with Gasteiger partial charge >= 0.3 is 0 Å². The van der Waals surface area contributed by atoms with Gasteiger partial charge in [0.15, 0.2) is 5.78 Å². The van der Waals surface area contributed by atoms with Crippen molar-refractivity contribution in [2.45, 2.75) is 24.1 Å². The average molecular weight is 258 g/mol. The summed E-state index contributed by atoms with van der Waals surface area (Å²) in [7, 11) is 0. The molecule has 3 nitrogen and oxygen atoms in total. The van der Waals surface area contributed by atoms with Crippen molar-refractivity contribution in [3.8, 4) is 0 Å². The molecule has 18 heavy (non-hydrogen) atoms. The highest BCUT2D eigenvalue weighted by molar-refractivity contribution is 8.00. The summed E-state index contributed by atoms with van der Waals surface area (Å²) >= 11 is 1.43. The number of aromatic nitrogens is 2. The third kappa shape index (κ3) is 3.17. The number of hydrogen-bond donors (Lipinski definition) is 0. The van der Waals surface area contributed by atoms with Crippen molar-refractivity contribution in [2.24, 2.45) is 0 Å². The fourth-order valence-electron chi connectivity index (χ4n) is 1.53. The number of carbonyl (C=O) groups is 1. The molecule has 1 aromatic carbocycles. The molecule has 92 valence electrons. The monoisotopic (exact) mass is 258 g/mol. The number of hydrogen-bond acceptors (Lipinski definition) is 4. The molecule has 0 spiro atoms. The molecule has 4 heteroatoms. The van der Waals surface area contributed by atoms with Gasteiger partial charge in [0.1, 0.15) is 5.03 Å². The molecule has 1 atom stereocenters. The maximum Gasteiger partial charge on any atom is 0.175 e. The minimum Gasteiger partial charge on any atom is -0.293 e. The zero-order valence-corrected chi connectivity index (χ0v) is 11.1. The van der Waals surface area contributed by atoms with E-state index in [1.165, 1.54) is 11.8 Å². The van der Waals surface area contributed by atoms with Crippen molar-refractivity contribution in [1.82, 2.24) is 9.97 Å². The van der Waals surface area contributed by atoms with E-state index in [0.717, 1.165) is 16.2 Å². The summed E-state index contributed by atoms with van der Waals surface area (Å²) in [5, 5.41) is 0.606. The lowest BCUT2D eigenvalue weighted by molar-refractivity contribution is 0.0994. The van der Waals surface area contributed by atoms with Gasteiger partial charge in [-0.15, -0.1) is 0 Å². The Morgan fingerprint density at radius 1 is 1.22 bits per heavy atom. The molecule has 0 fully saturated rings. The van der Waals surface area contributed by atoms with Crippen LogP contribution in [0.25, 0.3) is 0 Å². The Morgan fingerprint density at radius 3 is 2.56 bits per heavy atom. The van der Waals surface area contributed by atoms with Gasteiger partial charge in [-0.05, 0) is 13.8 Å². The largest absolute Gasteiger partial charge is 0.293 e. The molecule has 2 rings (SSSR count). The summed E-state index contributed by atoms with van der Waals surface area (Å²) in [5.74, 6) is 0.116. The third-order valence-corrected chi connectivity index (χ3v) is 3.56. The van der Waals surface area contributed by atoms with Crippen molar-refractivity contribution < 1.29 is 4.79 Å². The van der Waals surface area contributed by atoms with E-state index >= 15 is 0 Å². The number of ketones is 1. The highest BCUT2D eigenvalue weighted by atomic mass is 32.2.